The van der Waals surface area contributed by atoms with Crippen molar-refractivity contribution in [1.29, 1.82) is 0 Å². The summed E-state index contributed by atoms with van der Waals surface area (Å²) in [6.07, 6.45) is 1.57. The second-order valence-corrected chi connectivity index (χ2v) is 7.48. The van der Waals surface area contributed by atoms with Gasteiger partial charge in [0, 0.05) is 12.0 Å². The van der Waals surface area contributed by atoms with E-state index in [0.29, 0.717) is 5.56 Å². The monoisotopic (exact) mass is 370 g/mol. The second kappa shape index (κ2) is 7.14. The van der Waals surface area contributed by atoms with E-state index in [4.69, 9.17) is 21.1 Å². The number of cyclic esters (lactones) is 1. The van der Waals surface area contributed by atoms with Crippen LogP contribution in [0.3, 0.4) is 0 Å². The summed E-state index contributed by atoms with van der Waals surface area (Å²) in [7, 11) is 0. The topological polar surface area (TPSA) is 72.8 Å². The largest absolute Gasteiger partial charge is 0.461 e. The minimum absolute atomic E-state index is 0.0618. The average molecular weight is 371 g/mol. The zero-order valence-corrected chi connectivity index (χ0v) is 15.0. The third-order valence-electron chi connectivity index (χ3n) is 3.74. The van der Waals surface area contributed by atoms with Crippen molar-refractivity contribution < 1.29 is 28.6 Å². The molecule has 0 saturated carbocycles. The first-order valence-electron chi connectivity index (χ1n) is 7.73. The molecule has 1 saturated heterocycles. The number of carbonyl (C=O) groups excluding carboxylic acids is 2. The van der Waals surface area contributed by atoms with E-state index in [1.165, 1.54) is 24.3 Å². The number of aliphatic hydroxyl groups is 1. The number of hydrogen-bond acceptors (Lipinski definition) is 5. The van der Waals surface area contributed by atoms with Crippen molar-refractivity contribution in [3.05, 3.63) is 40.2 Å². The van der Waals surface area contributed by atoms with Gasteiger partial charge in [0.15, 0.2) is 5.60 Å². The Kier molecular flexibility index (Phi) is 5.54. The number of rotatable bonds is 4. The van der Waals surface area contributed by atoms with Gasteiger partial charge in [-0.3, -0.25) is 4.79 Å². The molecule has 1 aliphatic heterocycles. The zero-order chi connectivity index (χ0) is 18.8. The number of hydrogen-bond donors (Lipinski definition) is 1. The number of aliphatic hydroxyl groups excluding tert-OH is 1. The van der Waals surface area contributed by atoms with Gasteiger partial charge in [0.25, 0.3) is 0 Å². The highest BCUT2D eigenvalue weighted by molar-refractivity contribution is 6.30. The van der Waals surface area contributed by atoms with E-state index in [0.717, 1.165) is 0 Å². The molecular weight excluding hydrogens is 351 g/mol. The predicted molar refractivity (Wildman–Crippen MR) is 90.3 cm³/mol. The summed E-state index contributed by atoms with van der Waals surface area (Å²) in [5.74, 6) is -1.64. The molecule has 1 aliphatic rings. The van der Waals surface area contributed by atoms with Crippen LogP contribution in [0.1, 0.15) is 32.8 Å². The fourth-order valence-corrected chi connectivity index (χ4v) is 2.45. The summed E-state index contributed by atoms with van der Waals surface area (Å²) in [6, 6.07) is 4.05. The summed E-state index contributed by atoms with van der Waals surface area (Å²) < 4.78 is 23.7. The molecule has 0 bridgehead atoms. The molecule has 25 heavy (non-hydrogen) atoms. The van der Waals surface area contributed by atoms with Gasteiger partial charge in [-0.2, -0.15) is 0 Å². The Bertz CT molecular complexity index is 723. The lowest BCUT2D eigenvalue weighted by Crippen LogP contribution is -2.40. The van der Waals surface area contributed by atoms with E-state index in [1.807, 2.05) is 0 Å². The van der Waals surface area contributed by atoms with Crippen LogP contribution in [0.2, 0.25) is 5.02 Å². The maximum Gasteiger partial charge on any atom is 0.334 e. The van der Waals surface area contributed by atoms with Crippen LogP contribution in [0.25, 0.3) is 6.08 Å². The lowest BCUT2D eigenvalue weighted by Gasteiger charge is -2.26. The number of carbonyl (C=O) groups is 2. The number of halogens is 2. The molecule has 0 radical (unpaired) electrons. The highest BCUT2D eigenvalue weighted by Crippen LogP contribution is 2.33. The van der Waals surface area contributed by atoms with E-state index in [2.05, 4.69) is 0 Å². The fraction of sp³-hybridized carbons (Fsp3) is 0.444. The minimum Gasteiger partial charge on any atom is -0.461 e. The van der Waals surface area contributed by atoms with E-state index in [-0.39, 0.29) is 23.6 Å². The molecular formula is C18H20ClFO5. The van der Waals surface area contributed by atoms with E-state index >= 15 is 0 Å². The molecule has 0 amide bonds. The first-order chi connectivity index (χ1) is 11.6. The molecule has 1 aromatic carbocycles. The van der Waals surface area contributed by atoms with Gasteiger partial charge in [0.2, 0.25) is 0 Å². The van der Waals surface area contributed by atoms with Crippen molar-refractivity contribution in [2.75, 3.05) is 13.2 Å². The van der Waals surface area contributed by atoms with Crippen molar-refractivity contribution in [3.8, 4) is 0 Å². The fourth-order valence-electron chi connectivity index (χ4n) is 2.26. The third kappa shape index (κ3) is 4.58. The maximum absolute atomic E-state index is 13.2. The third-order valence-corrected chi connectivity index (χ3v) is 4.03. The predicted octanol–water partition coefficient (Wildman–Crippen LogP) is 3.13. The van der Waals surface area contributed by atoms with Gasteiger partial charge < -0.3 is 14.6 Å². The molecule has 1 N–H and O–H groups in total. The van der Waals surface area contributed by atoms with Gasteiger partial charge in [-0.1, -0.05) is 17.7 Å². The molecule has 1 aromatic rings. The molecule has 1 atom stereocenters. The summed E-state index contributed by atoms with van der Waals surface area (Å²) >= 11 is 5.73. The first kappa shape index (κ1) is 19.4. The van der Waals surface area contributed by atoms with Crippen LogP contribution in [0.15, 0.2) is 23.8 Å². The van der Waals surface area contributed by atoms with Gasteiger partial charge in [-0.15, -0.1) is 0 Å². The molecule has 2 rings (SSSR count). The second-order valence-electron chi connectivity index (χ2n) is 7.08. The van der Waals surface area contributed by atoms with Gasteiger partial charge in [0.1, 0.15) is 12.4 Å². The number of esters is 2. The minimum atomic E-state index is -1.31. The SMILES string of the molecule is CC(C)(C)C(=O)OCC1(CO)C/C(=C\c2ccc(F)c(Cl)c2)C(=O)O1. The Morgan fingerprint density at radius 2 is 2.16 bits per heavy atom. The molecule has 136 valence electrons. The van der Waals surface area contributed by atoms with Gasteiger partial charge in [-0.25, -0.2) is 9.18 Å². The lowest BCUT2D eigenvalue weighted by molar-refractivity contribution is -0.171. The first-order valence-corrected chi connectivity index (χ1v) is 8.11. The van der Waals surface area contributed by atoms with Gasteiger partial charge in [0.05, 0.1) is 17.0 Å². The van der Waals surface area contributed by atoms with Crippen LogP contribution >= 0.6 is 11.6 Å². The van der Waals surface area contributed by atoms with Crippen LogP contribution in [-0.4, -0.2) is 35.9 Å². The van der Waals surface area contributed by atoms with Crippen LogP contribution in [0, 0.1) is 11.2 Å². The van der Waals surface area contributed by atoms with Crippen molar-refractivity contribution in [3.63, 3.8) is 0 Å². The molecule has 1 heterocycles. The highest BCUT2D eigenvalue weighted by Gasteiger charge is 2.45. The van der Waals surface area contributed by atoms with Crippen molar-refractivity contribution in [2.24, 2.45) is 5.41 Å². The summed E-state index contributed by atoms with van der Waals surface area (Å²) in [4.78, 5) is 24.0. The lowest BCUT2D eigenvalue weighted by atomic mass is 9.96. The maximum atomic E-state index is 13.2. The van der Waals surface area contributed by atoms with Crippen LogP contribution in [-0.2, 0) is 19.1 Å². The standard InChI is InChI=1S/C18H20ClFO5/c1-17(2,3)16(23)24-10-18(9-21)8-12(15(22)25-18)6-11-4-5-14(20)13(19)7-11/h4-7,21H,8-10H2,1-3H3/b12-6+. The number of benzene rings is 1. The smallest absolute Gasteiger partial charge is 0.334 e. The average Bonchev–Trinajstić information content (AvgIpc) is 2.84. The quantitative estimate of drug-likeness (QED) is 0.651. The Morgan fingerprint density at radius 3 is 2.72 bits per heavy atom. The Labute approximate surface area is 150 Å². The Morgan fingerprint density at radius 1 is 1.48 bits per heavy atom. The summed E-state index contributed by atoms with van der Waals surface area (Å²) in [5.41, 5.74) is -1.21. The zero-order valence-electron chi connectivity index (χ0n) is 14.3. The molecule has 0 spiro atoms. The van der Waals surface area contributed by atoms with Crippen LogP contribution in [0.4, 0.5) is 4.39 Å². The van der Waals surface area contributed by atoms with Crippen molar-refractivity contribution in [1.82, 2.24) is 0 Å². The molecule has 5 nitrogen and oxygen atoms in total. The van der Waals surface area contributed by atoms with Crippen molar-refractivity contribution >= 4 is 29.6 Å². The summed E-state index contributed by atoms with van der Waals surface area (Å²) in [5, 5.41) is 9.59. The summed E-state index contributed by atoms with van der Waals surface area (Å²) in [6.45, 7) is 4.37. The van der Waals surface area contributed by atoms with E-state index < -0.39 is 35.4 Å². The Balaban J connectivity index is 2.16. The Hall–Kier alpha value is -1.92. The van der Waals surface area contributed by atoms with Crippen LogP contribution in [0.5, 0.6) is 0 Å². The van der Waals surface area contributed by atoms with Crippen molar-refractivity contribution in [2.45, 2.75) is 32.8 Å². The highest BCUT2D eigenvalue weighted by atomic mass is 35.5. The molecule has 1 unspecified atom stereocenters. The molecule has 7 heteroatoms. The van der Waals surface area contributed by atoms with E-state index in [9.17, 15) is 19.1 Å². The molecule has 0 aromatic heterocycles. The molecule has 0 aliphatic carbocycles. The normalized spacial score (nSPS) is 22.2. The molecule has 1 fully saturated rings. The van der Waals surface area contributed by atoms with Crippen LogP contribution < -0.4 is 0 Å². The van der Waals surface area contributed by atoms with E-state index in [1.54, 1.807) is 20.8 Å². The van der Waals surface area contributed by atoms with Gasteiger partial charge >= 0.3 is 11.9 Å². The van der Waals surface area contributed by atoms with Gasteiger partial charge in [-0.05, 0) is 44.5 Å². The number of ether oxygens (including phenoxy) is 2.